The van der Waals surface area contributed by atoms with Gasteiger partial charge in [0, 0.05) is 25.8 Å². The molecule has 0 unspecified atom stereocenters. The van der Waals surface area contributed by atoms with Crippen molar-refractivity contribution < 1.29 is 4.39 Å². The number of rotatable bonds is 2. The zero-order chi connectivity index (χ0) is 13.2. The van der Waals surface area contributed by atoms with E-state index in [1.54, 1.807) is 6.07 Å². The number of hydrogen-bond donors (Lipinski definition) is 1. The van der Waals surface area contributed by atoms with Crippen molar-refractivity contribution in [2.75, 3.05) is 26.2 Å². The molecule has 0 spiro atoms. The number of fused-ring (bicyclic) bond motifs is 1. The lowest BCUT2D eigenvalue weighted by Crippen LogP contribution is -2.28. The molecule has 2 aromatic heterocycles. The molecule has 0 atom stereocenters. The predicted molar refractivity (Wildman–Crippen MR) is 72.7 cm³/mol. The van der Waals surface area contributed by atoms with E-state index >= 15 is 0 Å². The highest BCUT2D eigenvalue weighted by Gasteiger charge is 2.14. The normalized spacial score (nSPS) is 17.8. The largest absolute Gasteiger partial charge is 0.315 e. The number of aryl methyl sites for hydroxylation is 1. The Hall–Kier alpha value is -1.46. The Morgan fingerprint density at radius 3 is 3.11 bits per heavy atom. The van der Waals surface area contributed by atoms with Crippen LogP contribution in [0.15, 0.2) is 18.3 Å². The molecule has 0 amide bonds. The lowest BCUT2D eigenvalue weighted by atomic mass is 10.3. The first kappa shape index (κ1) is 12.6. The van der Waals surface area contributed by atoms with Crippen LogP contribution in [-0.4, -0.2) is 40.5 Å². The van der Waals surface area contributed by atoms with Crippen molar-refractivity contribution >= 4 is 5.65 Å². The summed E-state index contributed by atoms with van der Waals surface area (Å²) in [5.74, 6) is -0.219. The van der Waals surface area contributed by atoms with Gasteiger partial charge in [-0.2, -0.15) is 0 Å². The van der Waals surface area contributed by atoms with Crippen molar-refractivity contribution in [3.8, 4) is 0 Å². The zero-order valence-electron chi connectivity index (χ0n) is 11.2. The second-order valence-corrected chi connectivity index (χ2v) is 5.10. The van der Waals surface area contributed by atoms with Gasteiger partial charge < -0.3 is 5.32 Å². The lowest BCUT2D eigenvalue weighted by molar-refractivity contribution is 0.279. The van der Waals surface area contributed by atoms with Crippen LogP contribution >= 0.6 is 0 Å². The SMILES string of the molecule is Cc1nc2ccc(F)cn2c1CN1CCCNCC1. The third kappa shape index (κ3) is 2.62. The Labute approximate surface area is 112 Å². The van der Waals surface area contributed by atoms with Crippen LogP contribution in [-0.2, 0) is 6.54 Å². The van der Waals surface area contributed by atoms with Crippen molar-refractivity contribution in [2.24, 2.45) is 0 Å². The van der Waals surface area contributed by atoms with Gasteiger partial charge in [0.1, 0.15) is 11.5 Å². The average Bonchev–Trinajstić information content (AvgIpc) is 2.58. The quantitative estimate of drug-likeness (QED) is 0.892. The third-order valence-electron chi connectivity index (χ3n) is 3.69. The van der Waals surface area contributed by atoms with Gasteiger partial charge >= 0.3 is 0 Å². The van der Waals surface area contributed by atoms with E-state index in [9.17, 15) is 4.39 Å². The van der Waals surface area contributed by atoms with Gasteiger partial charge in [-0.1, -0.05) is 0 Å². The maximum Gasteiger partial charge on any atom is 0.139 e. The molecule has 102 valence electrons. The molecule has 3 rings (SSSR count). The van der Waals surface area contributed by atoms with Gasteiger partial charge in [0.2, 0.25) is 0 Å². The Kier molecular flexibility index (Phi) is 3.48. The second-order valence-electron chi connectivity index (χ2n) is 5.10. The average molecular weight is 262 g/mol. The molecule has 0 saturated carbocycles. The fourth-order valence-electron chi connectivity index (χ4n) is 2.65. The fourth-order valence-corrected chi connectivity index (χ4v) is 2.65. The van der Waals surface area contributed by atoms with E-state index in [1.165, 1.54) is 12.3 Å². The molecule has 1 N–H and O–H groups in total. The highest BCUT2D eigenvalue weighted by Crippen LogP contribution is 2.15. The molecule has 0 aliphatic carbocycles. The zero-order valence-corrected chi connectivity index (χ0v) is 11.2. The van der Waals surface area contributed by atoms with E-state index in [0.29, 0.717) is 0 Å². The minimum atomic E-state index is -0.219. The first-order valence-corrected chi connectivity index (χ1v) is 6.80. The number of aromatic nitrogens is 2. The summed E-state index contributed by atoms with van der Waals surface area (Å²) in [6.45, 7) is 7.03. The molecule has 0 bridgehead atoms. The minimum Gasteiger partial charge on any atom is -0.315 e. The summed E-state index contributed by atoms with van der Waals surface area (Å²) in [6.07, 6.45) is 2.69. The third-order valence-corrected chi connectivity index (χ3v) is 3.69. The fraction of sp³-hybridized carbons (Fsp3) is 0.500. The van der Waals surface area contributed by atoms with Crippen molar-refractivity contribution in [1.82, 2.24) is 19.6 Å². The van der Waals surface area contributed by atoms with Gasteiger partial charge in [-0.25, -0.2) is 9.37 Å². The maximum atomic E-state index is 13.4. The summed E-state index contributed by atoms with van der Waals surface area (Å²) in [5, 5.41) is 3.39. The molecule has 1 aliphatic heterocycles. The van der Waals surface area contributed by atoms with Gasteiger partial charge in [0.25, 0.3) is 0 Å². The summed E-state index contributed by atoms with van der Waals surface area (Å²) >= 11 is 0. The molecule has 5 heteroatoms. The van der Waals surface area contributed by atoms with Crippen molar-refractivity contribution in [3.05, 3.63) is 35.5 Å². The molecule has 2 aromatic rings. The van der Waals surface area contributed by atoms with Crippen LogP contribution in [0, 0.1) is 12.7 Å². The van der Waals surface area contributed by atoms with E-state index in [0.717, 1.165) is 56.2 Å². The van der Waals surface area contributed by atoms with Crippen molar-refractivity contribution in [1.29, 1.82) is 0 Å². The highest BCUT2D eigenvalue weighted by atomic mass is 19.1. The number of hydrogen-bond acceptors (Lipinski definition) is 3. The molecule has 19 heavy (non-hydrogen) atoms. The van der Waals surface area contributed by atoms with Gasteiger partial charge in [-0.05, 0) is 38.6 Å². The Balaban J connectivity index is 1.90. The summed E-state index contributed by atoms with van der Waals surface area (Å²) in [7, 11) is 0. The molecule has 1 fully saturated rings. The number of imidazole rings is 1. The van der Waals surface area contributed by atoms with Gasteiger partial charge in [-0.3, -0.25) is 9.30 Å². The minimum absolute atomic E-state index is 0.219. The number of halogens is 1. The van der Waals surface area contributed by atoms with Crippen LogP contribution in [0.5, 0.6) is 0 Å². The molecule has 1 saturated heterocycles. The van der Waals surface area contributed by atoms with Crippen LogP contribution < -0.4 is 5.32 Å². The summed E-state index contributed by atoms with van der Waals surface area (Å²) in [6, 6.07) is 3.19. The number of nitrogens with zero attached hydrogens (tertiary/aromatic N) is 3. The molecule has 4 nitrogen and oxygen atoms in total. The van der Waals surface area contributed by atoms with E-state index in [-0.39, 0.29) is 5.82 Å². The molecule has 1 aliphatic rings. The van der Waals surface area contributed by atoms with E-state index < -0.39 is 0 Å². The standard InChI is InChI=1S/C14H19FN4/c1-11-13(10-18-7-2-5-16-6-8-18)19-9-12(15)3-4-14(19)17-11/h3-4,9,16H,2,5-8,10H2,1H3. The van der Waals surface area contributed by atoms with Crippen molar-refractivity contribution in [3.63, 3.8) is 0 Å². The van der Waals surface area contributed by atoms with Crippen LogP contribution in [0.2, 0.25) is 0 Å². The molecule has 3 heterocycles. The van der Waals surface area contributed by atoms with Gasteiger partial charge in [0.15, 0.2) is 0 Å². The van der Waals surface area contributed by atoms with E-state index in [4.69, 9.17) is 0 Å². The molecule has 0 radical (unpaired) electrons. The molecular weight excluding hydrogens is 243 g/mol. The lowest BCUT2D eigenvalue weighted by Gasteiger charge is -2.19. The first-order valence-electron chi connectivity index (χ1n) is 6.80. The Morgan fingerprint density at radius 2 is 2.21 bits per heavy atom. The van der Waals surface area contributed by atoms with Crippen LogP contribution in [0.3, 0.4) is 0 Å². The Bertz CT molecular complexity index is 570. The van der Waals surface area contributed by atoms with E-state index in [1.807, 2.05) is 11.3 Å². The smallest absolute Gasteiger partial charge is 0.139 e. The summed E-state index contributed by atoms with van der Waals surface area (Å²) < 4.78 is 15.3. The first-order chi connectivity index (χ1) is 9.24. The molecular formula is C14H19FN4. The number of nitrogens with one attached hydrogen (secondary N) is 1. The Morgan fingerprint density at radius 1 is 1.32 bits per heavy atom. The van der Waals surface area contributed by atoms with Crippen molar-refractivity contribution in [2.45, 2.75) is 19.9 Å². The highest BCUT2D eigenvalue weighted by molar-refractivity contribution is 5.43. The maximum absolute atomic E-state index is 13.4. The van der Waals surface area contributed by atoms with E-state index in [2.05, 4.69) is 15.2 Å². The monoisotopic (exact) mass is 262 g/mol. The van der Waals surface area contributed by atoms with Crippen LogP contribution in [0.4, 0.5) is 4.39 Å². The van der Waals surface area contributed by atoms with Crippen LogP contribution in [0.1, 0.15) is 17.8 Å². The second kappa shape index (κ2) is 5.27. The predicted octanol–water partition coefficient (Wildman–Crippen LogP) is 1.58. The summed E-state index contributed by atoms with van der Waals surface area (Å²) in [5.41, 5.74) is 2.90. The molecule has 0 aromatic carbocycles. The van der Waals surface area contributed by atoms with Gasteiger partial charge in [0.05, 0.1) is 11.4 Å². The topological polar surface area (TPSA) is 32.6 Å². The van der Waals surface area contributed by atoms with Crippen LogP contribution in [0.25, 0.3) is 5.65 Å². The van der Waals surface area contributed by atoms with Gasteiger partial charge in [-0.15, -0.1) is 0 Å². The number of pyridine rings is 1. The summed E-state index contributed by atoms with van der Waals surface area (Å²) in [4.78, 5) is 6.90.